The Balaban J connectivity index is 1.06. The van der Waals surface area contributed by atoms with Crippen molar-refractivity contribution < 1.29 is 19.4 Å². The number of rotatable bonds is 7. The van der Waals surface area contributed by atoms with Crippen LogP contribution in [0.4, 0.5) is 0 Å². The van der Waals surface area contributed by atoms with Gasteiger partial charge >= 0.3 is 0 Å². The van der Waals surface area contributed by atoms with Gasteiger partial charge in [-0.2, -0.15) is 0 Å². The zero-order valence-corrected chi connectivity index (χ0v) is 22.3. The number of aromatic hydroxyl groups is 1. The smallest absolute Gasteiger partial charge is 0.254 e. The number of nitrogens with zero attached hydrogens (tertiary/aromatic N) is 2. The van der Waals surface area contributed by atoms with Crippen LogP contribution >= 0.6 is 0 Å². The fraction of sp³-hybridized carbons (Fsp3) is 0.500. The monoisotopic (exact) mass is 514 g/mol. The van der Waals surface area contributed by atoms with E-state index in [1.807, 2.05) is 40.1 Å². The molecule has 2 aliphatic heterocycles. The van der Waals surface area contributed by atoms with E-state index in [-0.39, 0.29) is 35.7 Å². The first kappa shape index (κ1) is 26.3. The quantitative estimate of drug-likeness (QED) is 0.523. The highest BCUT2D eigenvalue weighted by molar-refractivity contribution is 5.96. The SMILES string of the molecule is CC#C[C@@H](CC(=O)N1CCC(OC2CCN(C(=O)c3ccccc3C3CC3)CC2)CC1)c1ccc(O)cc1. The lowest BCUT2D eigenvalue weighted by atomic mass is 9.95. The number of hydrogen-bond acceptors (Lipinski definition) is 4. The van der Waals surface area contributed by atoms with Gasteiger partial charge in [0, 0.05) is 38.2 Å². The maximum atomic E-state index is 13.2. The Morgan fingerprint density at radius 1 is 0.895 bits per heavy atom. The van der Waals surface area contributed by atoms with Crippen molar-refractivity contribution in [2.75, 3.05) is 26.2 Å². The largest absolute Gasteiger partial charge is 0.508 e. The molecule has 0 bridgehead atoms. The number of carbonyl (C=O) groups excluding carboxylic acids is 2. The molecule has 1 saturated carbocycles. The van der Waals surface area contributed by atoms with E-state index in [9.17, 15) is 14.7 Å². The summed E-state index contributed by atoms with van der Waals surface area (Å²) in [7, 11) is 0. The summed E-state index contributed by atoms with van der Waals surface area (Å²) in [6, 6.07) is 15.1. The molecule has 3 fully saturated rings. The third-order valence-electron chi connectivity index (χ3n) is 8.11. The molecule has 1 aliphatic carbocycles. The average molecular weight is 515 g/mol. The van der Waals surface area contributed by atoms with E-state index in [1.54, 1.807) is 19.1 Å². The zero-order chi connectivity index (χ0) is 26.5. The molecule has 200 valence electrons. The Morgan fingerprint density at radius 3 is 2.11 bits per heavy atom. The van der Waals surface area contributed by atoms with Crippen LogP contribution in [0.3, 0.4) is 0 Å². The highest BCUT2D eigenvalue weighted by atomic mass is 16.5. The summed E-state index contributed by atoms with van der Waals surface area (Å²) in [6.45, 7) is 4.64. The van der Waals surface area contributed by atoms with E-state index in [4.69, 9.17) is 4.74 Å². The topological polar surface area (TPSA) is 70.1 Å². The summed E-state index contributed by atoms with van der Waals surface area (Å²) < 4.78 is 6.44. The summed E-state index contributed by atoms with van der Waals surface area (Å²) in [6.07, 6.45) is 6.45. The number of phenolic OH excluding ortho intramolecular Hbond substituents is 1. The Labute approximate surface area is 226 Å². The van der Waals surface area contributed by atoms with E-state index in [0.717, 1.165) is 49.9 Å². The molecule has 3 aliphatic rings. The van der Waals surface area contributed by atoms with Gasteiger partial charge in [-0.25, -0.2) is 0 Å². The number of likely N-dealkylation sites (tertiary alicyclic amines) is 2. The summed E-state index contributed by atoms with van der Waals surface area (Å²) in [4.78, 5) is 30.2. The first-order valence-corrected chi connectivity index (χ1v) is 14.0. The van der Waals surface area contributed by atoms with Crippen LogP contribution in [0.1, 0.15) is 85.2 Å². The maximum absolute atomic E-state index is 13.2. The number of benzene rings is 2. The van der Waals surface area contributed by atoms with Gasteiger partial charge in [0.05, 0.1) is 18.1 Å². The van der Waals surface area contributed by atoms with Crippen LogP contribution < -0.4 is 0 Å². The minimum Gasteiger partial charge on any atom is -0.508 e. The summed E-state index contributed by atoms with van der Waals surface area (Å²) >= 11 is 0. The first-order valence-electron chi connectivity index (χ1n) is 14.0. The molecular formula is C32H38N2O4. The summed E-state index contributed by atoms with van der Waals surface area (Å²) in [5, 5.41) is 9.57. The van der Waals surface area contributed by atoms with Crippen molar-refractivity contribution in [3.63, 3.8) is 0 Å². The molecule has 6 heteroatoms. The normalized spacial score (nSPS) is 19.5. The van der Waals surface area contributed by atoms with Crippen LogP contribution in [0.25, 0.3) is 0 Å². The molecular weight excluding hydrogens is 476 g/mol. The number of ether oxygens (including phenoxy) is 1. The molecule has 2 amide bonds. The van der Waals surface area contributed by atoms with Crippen molar-refractivity contribution in [1.82, 2.24) is 9.80 Å². The molecule has 38 heavy (non-hydrogen) atoms. The van der Waals surface area contributed by atoms with Gasteiger partial charge in [-0.1, -0.05) is 36.3 Å². The predicted octanol–water partition coefficient (Wildman–Crippen LogP) is 5.08. The first-order chi connectivity index (χ1) is 18.5. The van der Waals surface area contributed by atoms with Gasteiger partial charge in [-0.05, 0) is 80.7 Å². The van der Waals surface area contributed by atoms with Crippen molar-refractivity contribution in [1.29, 1.82) is 0 Å². The highest BCUT2D eigenvalue weighted by Crippen LogP contribution is 2.42. The molecule has 1 N–H and O–H groups in total. The molecule has 0 unspecified atom stereocenters. The van der Waals surface area contributed by atoms with E-state index in [0.29, 0.717) is 25.4 Å². The molecule has 0 aromatic heterocycles. The van der Waals surface area contributed by atoms with Crippen LogP contribution in [0, 0.1) is 11.8 Å². The van der Waals surface area contributed by atoms with Gasteiger partial charge in [0.15, 0.2) is 0 Å². The van der Waals surface area contributed by atoms with Crippen LogP contribution in [0.2, 0.25) is 0 Å². The van der Waals surface area contributed by atoms with Gasteiger partial charge in [-0.3, -0.25) is 9.59 Å². The Hall–Kier alpha value is -3.30. The predicted molar refractivity (Wildman–Crippen MR) is 147 cm³/mol. The second kappa shape index (κ2) is 12.0. The molecule has 2 aromatic carbocycles. The number of amides is 2. The molecule has 2 aromatic rings. The average Bonchev–Trinajstić information content (AvgIpc) is 3.79. The number of phenols is 1. The second-order valence-electron chi connectivity index (χ2n) is 10.8. The third-order valence-corrected chi connectivity index (χ3v) is 8.11. The molecule has 6 nitrogen and oxygen atoms in total. The van der Waals surface area contributed by atoms with Crippen LogP contribution in [-0.4, -0.2) is 65.1 Å². The van der Waals surface area contributed by atoms with Gasteiger partial charge in [0.2, 0.25) is 5.91 Å². The Kier molecular flexibility index (Phi) is 8.34. The molecule has 2 saturated heterocycles. The van der Waals surface area contributed by atoms with Crippen LogP contribution in [0.15, 0.2) is 48.5 Å². The van der Waals surface area contributed by atoms with Crippen molar-refractivity contribution in [2.24, 2.45) is 0 Å². The number of piperidine rings is 2. The Bertz CT molecular complexity index is 1180. The maximum Gasteiger partial charge on any atom is 0.254 e. The number of carbonyl (C=O) groups is 2. The van der Waals surface area contributed by atoms with E-state index in [2.05, 4.69) is 17.9 Å². The standard InChI is InChI=1S/C32H38N2O4/c1-2-5-25(23-10-12-26(35)13-11-23)22-31(36)33-18-14-27(15-19-33)38-28-16-20-34(21-17-28)32(37)30-7-4-3-6-29(30)24-8-9-24/h3-4,6-7,10-13,24-25,27-28,35H,8-9,14-22H2,1H3/t25-/m0/s1. The van der Waals surface area contributed by atoms with Crippen molar-refractivity contribution >= 4 is 11.8 Å². The van der Waals surface area contributed by atoms with Gasteiger partial charge in [0.1, 0.15) is 5.75 Å². The molecule has 0 radical (unpaired) electrons. The number of hydrogen-bond donors (Lipinski definition) is 1. The molecule has 1 atom stereocenters. The highest BCUT2D eigenvalue weighted by Gasteiger charge is 2.32. The van der Waals surface area contributed by atoms with Crippen LogP contribution in [-0.2, 0) is 9.53 Å². The van der Waals surface area contributed by atoms with E-state index >= 15 is 0 Å². The third kappa shape index (κ3) is 6.39. The minimum absolute atomic E-state index is 0.113. The van der Waals surface area contributed by atoms with Gasteiger partial charge < -0.3 is 19.6 Å². The fourth-order valence-corrected chi connectivity index (χ4v) is 5.76. The van der Waals surface area contributed by atoms with Crippen molar-refractivity contribution in [2.45, 2.75) is 75.9 Å². The molecule has 5 rings (SSSR count). The van der Waals surface area contributed by atoms with Gasteiger partial charge in [-0.15, -0.1) is 5.92 Å². The van der Waals surface area contributed by atoms with Crippen molar-refractivity contribution in [3.8, 4) is 17.6 Å². The molecule has 0 spiro atoms. The summed E-state index contributed by atoms with van der Waals surface area (Å²) in [5.41, 5.74) is 3.04. The lowest BCUT2D eigenvalue weighted by Crippen LogP contribution is -2.45. The van der Waals surface area contributed by atoms with Gasteiger partial charge in [0.25, 0.3) is 5.91 Å². The van der Waals surface area contributed by atoms with Crippen LogP contribution in [0.5, 0.6) is 5.75 Å². The fourth-order valence-electron chi connectivity index (χ4n) is 5.76. The zero-order valence-electron chi connectivity index (χ0n) is 22.3. The Morgan fingerprint density at radius 2 is 1.50 bits per heavy atom. The summed E-state index contributed by atoms with van der Waals surface area (Å²) in [5.74, 6) is 6.97. The van der Waals surface area contributed by atoms with E-state index in [1.165, 1.54) is 18.4 Å². The minimum atomic E-state index is -0.175. The lowest BCUT2D eigenvalue weighted by Gasteiger charge is -2.37. The van der Waals surface area contributed by atoms with E-state index < -0.39 is 0 Å². The second-order valence-corrected chi connectivity index (χ2v) is 10.8. The molecule has 2 heterocycles. The van der Waals surface area contributed by atoms with Crippen molar-refractivity contribution in [3.05, 3.63) is 65.2 Å². The lowest BCUT2D eigenvalue weighted by molar-refractivity contribution is -0.135.